The Kier molecular flexibility index (Phi) is 7.13. The highest BCUT2D eigenvalue weighted by atomic mass is 32.2. The normalized spacial score (nSPS) is 29.5. The molecule has 0 radical (unpaired) electrons. The van der Waals surface area contributed by atoms with Crippen LogP contribution in [0, 0.1) is 0 Å². The van der Waals surface area contributed by atoms with Crippen LogP contribution in [0.4, 0.5) is 0 Å². The molecule has 0 aromatic heterocycles. The summed E-state index contributed by atoms with van der Waals surface area (Å²) in [5.74, 6) is -0.125. The molecule has 0 spiro atoms. The summed E-state index contributed by atoms with van der Waals surface area (Å²) < 4.78 is 37.7. The van der Waals surface area contributed by atoms with Gasteiger partial charge in [-0.1, -0.05) is 19.3 Å². The van der Waals surface area contributed by atoms with Crippen LogP contribution in [-0.2, 0) is 24.3 Å². The number of hydrogen-bond acceptors (Lipinski definition) is 6. The highest BCUT2D eigenvalue weighted by Crippen LogP contribution is 2.29. The SMILES string of the molecule is CS(=O)(=O)NC1(CNC(=O)[C@@H]2CC[C@H](CN3CCOCC3)O2)CCCCC1. The third kappa shape index (κ3) is 6.39. The molecule has 0 unspecified atom stereocenters. The Morgan fingerprint density at radius 1 is 1.15 bits per heavy atom. The van der Waals surface area contributed by atoms with Crippen molar-refractivity contribution in [3.63, 3.8) is 0 Å². The predicted octanol–water partition coefficient (Wildman–Crippen LogP) is 0.235. The van der Waals surface area contributed by atoms with Gasteiger partial charge in [0.15, 0.2) is 0 Å². The second-order valence-electron chi connectivity index (χ2n) is 8.17. The predicted molar refractivity (Wildman–Crippen MR) is 102 cm³/mol. The lowest BCUT2D eigenvalue weighted by atomic mass is 9.82. The third-order valence-corrected chi connectivity index (χ3v) is 6.58. The van der Waals surface area contributed by atoms with Crippen LogP contribution in [-0.4, -0.2) is 82.6 Å². The van der Waals surface area contributed by atoms with E-state index in [1.807, 2.05) is 0 Å². The van der Waals surface area contributed by atoms with Gasteiger partial charge < -0.3 is 14.8 Å². The molecule has 1 saturated carbocycles. The summed E-state index contributed by atoms with van der Waals surface area (Å²) in [6.45, 7) is 4.50. The molecule has 8 nitrogen and oxygen atoms in total. The monoisotopic (exact) mass is 403 g/mol. The number of hydrogen-bond donors (Lipinski definition) is 2. The zero-order valence-corrected chi connectivity index (χ0v) is 17.1. The van der Waals surface area contributed by atoms with Gasteiger partial charge in [-0.2, -0.15) is 0 Å². The first-order chi connectivity index (χ1) is 12.9. The van der Waals surface area contributed by atoms with E-state index in [1.54, 1.807) is 0 Å². The molecule has 156 valence electrons. The second-order valence-corrected chi connectivity index (χ2v) is 9.92. The maximum atomic E-state index is 12.6. The zero-order valence-electron chi connectivity index (χ0n) is 16.2. The highest BCUT2D eigenvalue weighted by molar-refractivity contribution is 7.88. The fraction of sp³-hybridized carbons (Fsp3) is 0.944. The molecule has 2 saturated heterocycles. The minimum absolute atomic E-state index is 0.0802. The van der Waals surface area contributed by atoms with E-state index in [-0.39, 0.29) is 12.0 Å². The minimum Gasteiger partial charge on any atom is -0.379 e. The molecule has 2 N–H and O–H groups in total. The van der Waals surface area contributed by atoms with Gasteiger partial charge >= 0.3 is 0 Å². The largest absolute Gasteiger partial charge is 0.379 e. The average Bonchev–Trinajstić information content (AvgIpc) is 3.08. The molecular weight excluding hydrogens is 370 g/mol. The van der Waals surface area contributed by atoms with E-state index in [0.717, 1.165) is 71.4 Å². The van der Waals surface area contributed by atoms with Gasteiger partial charge in [-0.3, -0.25) is 9.69 Å². The molecule has 3 aliphatic rings. The Morgan fingerprint density at radius 3 is 2.52 bits per heavy atom. The zero-order chi connectivity index (χ0) is 19.3. The molecule has 3 rings (SSSR count). The van der Waals surface area contributed by atoms with Crippen LogP contribution in [0.3, 0.4) is 0 Å². The van der Waals surface area contributed by atoms with Crippen LogP contribution in [0.1, 0.15) is 44.9 Å². The van der Waals surface area contributed by atoms with Gasteiger partial charge in [0.2, 0.25) is 15.9 Å². The number of nitrogens with zero attached hydrogens (tertiary/aromatic N) is 1. The quantitative estimate of drug-likeness (QED) is 0.632. The smallest absolute Gasteiger partial charge is 0.249 e. The molecular formula is C18H33N3O5S. The number of rotatable bonds is 7. The first kappa shape index (κ1) is 21.0. The maximum absolute atomic E-state index is 12.6. The molecule has 1 amide bonds. The fourth-order valence-electron chi connectivity index (χ4n) is 4.41. The summed E-state index contributed by atoms with van der Waals surface area (Å²) in [4.78, 5) is 14.9. The molecule has 3 fully saturated rings. The Labute approximate surface area is 162 Å². The van der Waals surface area contributed by atoms with Crippen LogP contribution in [0.5, 0.6) is 0 Å². The number of amides is 1. The number of nitrogens with one attached hydrogen (secondary N) is 2. The molecule has 0 bridgehead atoms. The summed E-state index contributed by atoms with van der Waals surface area (Å²) in [5.41, 5.74) is -0.562. The van der Waals surface area contributed by atoms with Crippen molar-refractivity contribution in [2.45, 2.75) is 62.7 Å². The van der Waals surface area contributed by atoms with E-state index in [4.69, 9.17) is 9.47 Å². The Balaban J connectivity index is 1.47. The van der Waals surface area contributed by atoms with Crippen molar-refractivity contribution in [3.05, 3.63) is 0 Å². The number of morpholine rings is 1. The molecule has 2 atom stereocenters. The van der Waals surface area contributed by atoms with Gasteiger partial charge in [0.05, 0.1) is 31.1 Å². The Morgan fingerprint density at radius 2 is 1.85 bits per heavy atom. The lowest BCUT2D eigenvalue weighted by Crippen LogP contribution is -2.57. The number of sulfonamides is 1. The van der Waals surface area contributed by atoms with Crippen molar-refractivity contribution in [2.24, 2.45) is 0 Å². The van der Waals surface area contributed by atoms with E-state index in [2.05, 4.69) is 14.9 Å². The molecule has 2 aliphatic heterocycles. The van der Waals surface area contributed by atoms with Crippen molar-refractivity contribution in [1.29, 1.82) is 0 Å². The first-order valence-corrected chi connectivity index (χ1v) is 12.0. The van der Waals surface area contributed by atoms with Gasteiger partial charge in [-0.05, 0) is 25.7 Å². The van der Waals surface area contributed by atoms with E-state index in [0.29, 0.717) is 13.0 Å². The highest BCUT2D eigenvalue weighted by Gasteiger charge is 2.37. The summed E-state index contributed by atoms with van der Waals surface area (Å²) in [7, 11) is -3.32. The number of carbonyl (C=O) groups is 1. The molecule has 1 aliphatic carbocycles. The molecule has 27 heavy (non-hydrogen) atoms. The topological polar surface area (TPSA) is 97.0 Å². The van der Waals surface area contributed by atoms with Gasteiger partial charge in [0.25, 0.3) is 0 Å². The van der Waals surface area contributed by atoms with Crippen molar-refractivity contribution < 1.29 is 22.7 Å². The van der Waals surface area contributed by atoms with Crippen LogP contribution >= 0.6 is 0 Å². The van der Waals surface area contributed by atoms with Crippen molar-refractivity contribution in [1.82, 2.24) is 14.9 Å². The number of carbonyl (C=O) groups excluding carboxylic acids is 1. The molecule has 2 heterocycles. The average molecular weight is 404 g/mol. The van der Waals surface area contributed by atoms with E-state index >= 15 is 0 Å². The van der Waals surface area contributed by atoms with Crippen LogP contribution in [0.2, 0.25) is 0 Å². The minimum atomic E-state index is -3.32. The maximum Gasteiger partial charge on any atom is 0.249 e. The van der Waals surface area contributed by atoms with Crippen LogP contribution in [0.25, 0.3) is 0 Å². The fourth-order valence-corrected chi connectivity index (χ4v) is 5.47. The third-order valence-electron chi connectivity index (χ3n) is 5.78. The van der Waals surface area contributed by atoms with Crippen molar-refractivity contribution in [2.75, 3.05) is 45.6 Å². The summed E-state index contributed by atoms with van der Waals surface area (Å²) in [6, 6.07) is 0. The first-order valence-electron chi connectivity index (χ1n) is 10.1. The lowest BCUT2D eigenvalue weighted by molar-refractivity contribution is -0.133. The van der Waals surface area contributed by atoms with E-state index in [9.17, 15) is 13.2 Å². The van der Waals surface area contributed by atoms with E-state index in [1.165, 1.54) is 6.26 Å². The van der Waals surface area contributed by atoms with Crippen LogP contribution in [0.15, 0.2) is 0 Å². The van der Waals surface area contributed by atoms with Crippen molar-refractivity contribution in [3.8, 4) is 0 Å². The summed E-state index contributed by atoms with van der Waals surface area (Å²) in [5, 5.41) is 2.96. The van der Waals surface area contributed by atoms with Gasteiger partial charge in [-0.25, -0.2) is 13.1 Å². The van der Waals surface area contributed by atoms with Gasteiger partial charge in [0, 0.05) is 26.2 Å². The van der Waals surface area contributed by atoms with Crippen molar-refractivity contribution >= 4 is 15.9 Å². The summed E-state index contributed by atoms with van der Waals surface area (Å²) in [6.07, 6.45) is 6.98. The van der Waals surface area contributed by atoms with Gasteiger partial charge in [0.1, 0.15) is 6.10 Å². The van der Waals surface area contributed by atoms with E-state index < -0.39 is 21.7 Å². The lowest BCUT2D eigenvalue weighted by Gasteiger charge is -2.37. The Bertz CT molecular complexity index is 600. The van der Waals surface area contributed by atoms with Crippen LogP contribution < -0.4 is 10.0 Å². The number of ether oxygens (including phenoxy) is 2. The Hall–Kier alpha value is -0.740. The molecule has 0 aromatic carbocycles. The standard InChI is InChI=1S/C18H33N3O5S/c1-27(23,24)20-18(7-3-2-4-8-18)14-19-17(22)16-6-5-15(26-16)13-21-9-11-25-12-10-21/h15-16,20H,2-14H2,1H3,(H,19,22)/t15-,16+/m1/s1. The van der Waals surface area contributed by atoms with Gasteiger partial charge in [-0.15, -0.1) is 0 Å². The molecule has 0 aromatic rings. The second kappa shape index (κ2) is 9.17. The summed E-state index contributed by atoms with van der Waals surface area (Å²) >= 11 is 0. The molecule has 9 heteroatoms.